The number of thiol groups is 1. The predicted molar refractivity (Wildman–Crippen MR) is 76.0 cm³/mol. The molecule has 0 atom stereocenters. The Balaban J connectivity index is 1.93. The fraction of sp³-hybridized carbons (Fsp3) is 0.385. The number of nitrogens with one attached hydrogen (secondary N) is 2. The molecule has 0 unspecified atom stereocenters. The number of amides is 1. The van der Waals surface area contributed by atoms with Gasteiger partial charge in [-0.1, -0.05) is 6.07 Å². The molecular formula is C13H17N3OS. The van der Waals surface area contributed by atoms with E-state index in [1.54, 1.807) is 0 Å². The van der Waals surface area contributed by atoms with Gasteiger partial charge in [-0.15, -0.1) is 0 Å². The van der Waals surface area contributed by atoms with Gasteiger partial charge in [0, 0.05) is 13.0 Å². The number of aromatic amines is 1. The zero-order valence-electron chi connectivity index (χ0n) is 10.4. The summed E-state index contributed by atoms with van der Waals surface area (Å²) in [6.07, 6.45) is 1.30. The molecule has 1 amide bonds. The molecule has 0 fully saturated rings. The summed E-state index contributed by atoms with van der Waals surface area (Å²) < 4.78 is 0. The molecule has 1 aromatic heterocycles. The maximum atomic E-state index is 11.3. The first kappa shape index (κ1) is 13.0. The number of imidazole rings is 1. The van der Waals surface area contributed by atoms with Crippen LogP contribution in [0.5, 0.6) is 0 Å². The number of benzene rings is 1. The number of fused-ring (bicyclic) bond motifs is 1. The molecule has 0 saturated heterocycles. The molecule has 0 saturated carbocycles. The highest BCUT2D eigenvalue weighted by Gasteiger charge is 2.02. The van der Waals surface area contributed by atoms with Gasteiger partial charge in [0.05, 0.1) is 11.0 Å². The van der Waals surface area contributed by atoms with E-state index in [0.717, 1.165) is 23.3 Å². The van der Waals surface area contributed by atoms with Gasteiger partial charge >= 0.3 is 0 Å². The Morgan fingerprint density at radius 1 is 1.50 bits per heavy atom. The van der Waals surface area contributed by atoms with Gasteiger partial charge in [-0.05, 0) is 36.8 Å². The highest BCUT2D eigenvalue weighted by Crippen LogP contribution is 2.13. The van der Waals surface area contributed by atoms with Crippen LogP contribution in [0.15, 0.2) is 18.2 Å². The molecule has 5 heteroatoms. The van der Waals surface area contributed by atoms with Gasteiger partial charge in [0.25, 0.3) is 0 Å². The Morgan fingerprint density at radius 2 is 2.33 bits per heavy atom. The number of carbonyl (C=O) groups excluding carboxylic acids is 1. The van der Waals surface area contributed by atoms with Gasteiger partial charge in [-0.25, -0.2) is 4.98 Å². The van der Waals surface area contributed by atoms with Crippen LogP contribution in [0.3, 0.4) is 0 Å². The molecule has 1 aromatic carbocycles. The van der Waals surface area contributed by atoms with Crippen molar-refractivity contribution in [2.24, 2.45) is 0 Å². The van der Waals surface area contributed by atoms with Crippen molar-refractivity contribution < 1.29 is 4.79 Å². The summed E-state index contributed by atoms with van der Waals surface area (Å²) in [6.45, 7) is 2.60. The summed E-state index contributed by atoms with van der Waals surface area (Å²) >= 11 is 4.02. The minimum absolute atomic E-state index is 0.0588. The Bertz CT molecular complexity index is 550. The van der Waals surface area contributed by atoms with Crippen molar-refractivity contribution in [3.8, 4) is 0 Å². The minimum atomic E-state index is 0.0588. The highest BCUT2D eigenvalue weighted by molar-refractivity contribution is 7.80. The Hall–Kier alpha value is -1.49. The zero-order valence-corrected chi connectivity index (χ0v) is 11.3. The van der Waals surface area contributed by atoms with Crippen LogP contribution in [0.25, 0.3) is 11.0 Å². The van der Waals surface area contributed by atoms with Gasteiger partial charge in [0.15, 0.2) is 0 Å². The van der Waals surface area contributed by atoms with Crippen LogP contribution in [0, 0.1) is 6.92 Å². The summed E-state index contributed by atoms with van der Waals surface area (Å²) in [4.78, 5) is 18.8. The van der Waals surface area contributed by atoms with Crippen LogP contribution in [-0.4, -0.2) is 28.2 Å². The third-order valence-electron chi connectivity index (χ3n) is 2.74. The van der Waals surface area contributed by atoms with E-state index in [1.807, 2.05) is 19.1 Å². The average molecular weight is 263 g/mol. The quantitative estimate of drug-likeness (QED) is 0.721. The Morgan fingerprint density at radius 3 is 3.11 bits per heavy atom. The first-order valence-electron chi connectivity index (χ1n) is 6.02. The number of rotatable bonds is 5. The summed E-state index contributed by atoms with van der Waals surface area (Å²) in [5.41, 5.74) is 3.22. The van der Waals surface area contributed by atoms with E-state index >= 15 is 0 Å². The number of aromatic nitrogens is 2. The third kappa shape index (κ3) is 3.26. The van der Waals surface area contributed by atoms with E-state index in [2.05, 4.69) is 34.0 Å². The lowest BCUT2D eigenvalue weighted by atomic mass is 10.1. The summed E-state index contributed by atoms with van der Waals surface area (Å²) in [5, 5.41) is 2.87. The lowest BCUT2D eigenvalue weighted by Crippen LogP contribution is -2.25. The second-order valence-electron chi connectivity index (χ2n) is 4.25. The molecule has 2 N–H and O–H groups in total. The van der Waals surface area contributed by atoms with Crippen LogP contribution < -0.4 is 5.32 Å². The van der Waals surface area contributed by atoms with Gasteiger partial charge in [0.1, 0.15) is 5.82 Å². The molecule has 2 aromatic rings. The summed E-state index contributed by atoms with van der Waals surface area (Å²) in [6, 6.07) is 6.14. The SMILES string of the molecule is Cc1nc2ccc(CCNC(=O)CCS)cc2[nH]1. The Labute approximate surface area is 112 Å². The summed E-state index contributed by atoms with van der Waals surface area (Å²) in [5.74, 6) is 1.57. The molecule has 0 aliphatic rings. The molecule has 4 nitrogen and oxygen atoms in total. The molecule has 2 rings (SSSR count). The number of aryl methyl sites for hydroxylation is 1. The third-order valence-corrected chi connectivity index (χ3v) is 2.96. The van der Waals surface area contributed by atoms with Crippen molar-refractivity contribution in [1.82, 2.24) is 15.3 Å². The first-order valence-corrected chi connectivity index (χ1v) is 6.65. The number of hydrogen-bond donors (Lipinski definition) is 3. The molecule has 0 bridgehead atoms. The zero-order chi connectivity index (χ0) is 13.0. The van der Waals surface area contributed by atoms with E-state index < -0.39 is 0 Å². The molecule has 18 heavy (non-hydrogen) atoms. The van der Waals surface area contributed by atoms with Crippen LogP contribution in [-0.2, 0) is 11.2 Å². The van der Waals surface area contributed by atoms with E-state index in [9.17, 15) is 4.79 Å². The molecule has 96 valence electrons. The second-order valence-corrected chi connectivity index (χ2v) is 4.69. The van der Waals surface area contributed by atoms with Gasteiger partial charge in [-0.2, -0.15) is 12.6 Å². The van der Waals surface area contributed by atoms with Crippen molar-refractivity contribution in [3.63, 3.8) is 0 Å². The molecule has 0 aliphatic heterocycles. The van der Waals surface area contributed by atoms with E-state index in [0.29, 0.717) is 18.7 Å². The number of nitrogens with zero attached hydrogens (tertiary/aromatic N) is 1. The second kappa shape index (κ2) is 5.91. The van der Waals surface area contributed by atoms with Gasteiger partial charge < -0.3 is 10.3 Å². The Kier molecular flexibility index (Phi) is 4.25. The van der Waals surface area contributed by atoms with Crippen molar-refractivity contribution in [1.29, 1.82) is 0 Å². The standard InChI is InChI=1S/C13H17N3OS/c1-9-15-11-3-2-10(8-12(11)16-9)4-6-14-13(17)5-7-18/h2-3,8,18H,4-7H2,1H3,(H,14,17)(H,15,16). The fourth-order valence-corrected chi connectivity index (χ4v) is 2.08. The summed E-state index contributed by atoms with van der Waals surface area (Å²) in [7, 11) is 0. The molecule has 0 spiro atoms. The topological polar surface area (TPSA) is 57.8 Å². The van der Waals surface area contributed by atoms with Crippen molar-refractivity contribution in [2.75, 3.05) is 12.3 Å². The van der Waals surface area contributed by atoms with Crippen LogP contribution in [0.4, 0.5) is 0 Å². The highest BCUT2D eigenvalue weighted by atomic mass is 32.1. The monoisotopic (exact) mass is 263 g/mol. The van der Waals surface area contributed by atoms with Crippen molar-refractivity contribution in [2.45, 2.75) is 19.8 Å². The number of carbonyl (C=O) groups is 1. The van der Waals surface area contributed by atoms with Gasteiger partial charge in [-0.3, -0.25) is 4.79 Å². The number of hydrogen-bond acceptors (Lipinski definition) is 3. The van der Waals surface area contributed by atoms with Crippen molar-refractivity contribution in [3.05, 3.63) is 29.6 Å². The molecule has 0 radical (unpaired) electrons. The largest absolute Gasteiger partial charge is 0.356 e. The normalized spacial score (nSPS) is 10.8. The van der Waals surface area contributed by atoms with Gasteiger partial charge in [0.2, 0.25) is 5.91 Å². The minimum Gasteiger partial charge on any atom is -0.356 e. The lowest BCUT2D eigenvalue weighted by molar-refractivity contribution is -0.120. The molecule has 0 aliphatic carbocycles. The fourth-order valence-electron chi connectivity index (χ4n) is 1.88. The van der Waals surface area contributed by atoms with Crippen LogP contribution >= 0.6 is 12.6 Å². The smallest absolute Gasteiger partial charge is 0.220 e. The molecular weight excluding hydrogens is 246 g/mol. The lowest BCUT2D eigenvalue weighted by Gasteiger charge is -2.04. The molecule has 1 heterocycles. The maximum Gasteiger partial charge on any atom is 0.220 e. The van der Waals surface area contributed by atoms with Crippen LogP contribution in [0.2, 0.25) is 0 Å². The first-order chi connectivity index (χ1) is 8.69. The average Bonchev–Trinajstić information content (AvgIpc) is 2.69. The maximum absolute atomic E-state index is 11.3. The predicted octanol–water partition coefficient (Wildman–Crippen LogP) is 1.85. The van der Waals surface area contributed by atoms with Crippen molar-refractivity contribution >= 4 is 29.6 Å². The number of H-pyrrole nitrogens is 1. The van der Waals surface area contributed by atoms with E-state index in [1.165, 1.54) is 5.56 Å². The van der Waals surface area contributed by atoms with E-state index in [4.69, 9.17) is 0 Å². The van der Waals surface area contributed by atoms with E-state index in [-0.39, 0.29) is 5.91 Å². The van der Waals surface area contributed by atoms with Crippen LogP contribution in [0.1, 0.15) is 17.8 Å².